The average molecular weight is 462 g/mol. The molecular formula is C29H27N5O. The Hall–Kier alpha value is -4.32. The lowest BCUT2D eigenvalue weighted by Gasteiger charge is -2.19. The lowest BCUT2D eigenvalue weighted by molar-refractivity contribution is 0.0933. The number of fused-ring (bicyclic) bond motifs is 1. The second-order valence-electron chi connectivity index (χ2n) is 8.62. The molecule has 5 rings (SSSR count). The summed E-state index contributed by atoms with van der Waals surface area (Å²) in [5.74, 6) is -0.0774. The van der Waals surface area contributed by atoms with Crippen LogP contribution in [-0.2, 0) is 6.54 Å². The van der Waals surface area contributed by atoms with Crippen LogP contribution in [0.25, 0.3) is 22.0 Å². The van der Waals surface area contributed by atoms with Crippen LogP contribution in [0.3, 0.4) is 0 Å². The minimum Gasteiger partial charge on any atom is -0.345 e. The van der Waals surface area contributed by atoms with E-state index >= 15 is 0 Å². The van der Waals surface area contributed by atoms with E-state index in [1.165, 1.54) is 0 Å². The van der Waals surface area contributed by atoms with Gasteiger partial charge in [-0.2, -0.15) is 0 Å². The van der Waals surface area contributed by atoms with Crippen molar-refractivity contribution in [1.29, 1.82) is 0 Å². The van der Waals surface area contributed by atoms with Crippen molar-refractivity contribution in [2.45, 2.75) is 32.4 Å². The normalized spacial score (nSPS) is 11.9. The SMILES string of the molecule is CCCC(NC(=O)c1ccccc1Cn1cc(-c2ccc3cnccc3c2)nn1)c1ccccc1. The van der Waals surface area contributed by atoms with E-state index in [9.17, 15) is 4.79 Å². The zero-order chi connectivity index (χ0) is 24.0. The van der Waals surface area contributed by atoms with Gasteiger partial charge in [0.05, 0.1) is 18.8 Å². The second-order valence-corrected chi connectivity index (χ2v) is 8.62. The van der Waals surface area contributed by atoms with Crippen LogP contribution >= 0.6 is 0 Å². The standard InChI is InChI=1S/C29H27N5O/c1-2-8-27(21-9-4-3-5-10-21)31-29(35)26-12-7-6-11-25(26)19-34-20-28(32-33-34)23-13-14-24-18-30-16-15-22(24)17-23/h3-7,9-18,20,27H,2,8,19H2,1H3,(H,31,35). The van der Waals surface area contributed by atoms with Crippen LogP contribution < -0.4 is 5.32 Å². The van der Waals surface area contributed by atoms with Gasteiger partial charge in [-0.1, -0.05) is 79.2 Å². The van der Waals surface area contributed by atoms with Gasteiger partial charge in [-0.05, 0) is 41.1 Å². The van der Waals surface area contributed by atoms with E-state index in [1.807, 2.05) is 73.1 Å². The maximum absolute atomic E-state index is 13.3. The minimum absolute atomic E-state index is 0.0252. The third-order valence-electron chi connectivity index (χ3n) is 6.15. The summed E-state index contributed by atoms with van der Waals surface area (Å²) in [4.78, 5) is 17.5. The molecule has 6 heteroatoms. The number of carbonyl (C=O) groups is 1. The highest BCUT2D eigenvalue weighted by atomic mass is 16.1. The molecule has 0 spiro atoms. The Morgan fingerprint density at radius 1 is 0.971 bits per heavy atom. The van der Waals surface area contributed by atoms with Gasteiger partial charge in [-0.3, -0.25) is 9.78 Å². The number of carbonyl (C=O) groups excluding carboxylic acids is 1. The largest absolute Gasteiger partial charge is 0.345 e. The fraction of sp³-hybridized carbons (Fsp3) is 0.172. The number of hydrogen-bond donors (Lipinski definition) is 1. The number of nitrogens with one attached hydrogen (secondary N) is 1. The third kappa shape index (κ3) is 5.11. The molecule has 0 radical (unpaired) electrons. The number of hydrogen-bond acceptors (Lipinski definition) is 4. The average Bonchev–Trinajstić information content (AvgIpc) is 3.37. The van der Waals surface area contributed by atoms with Gasteiger partial charge < -0.3 is 5.32 Å². The van der Waals surface area contributed by atoms with Gasteiger partial charge in [-0.25, -0.2) is 4.68 Å². The summed E-state index contributed by atoms with van der Waals surface area (Å²) in [6, 6.07) is 25.9. The molecule has 35 heavy (non-hydrogen) atoms. The molecule has 3 aromatic carbocycles. The van der Waals surface area contributed by atoms with Crippen molar-refractivity contribution in [2.24, 2.45) is 0 Å². The van der Waals surface area contributed by atoms with Crippen LogP contribution in [-0.4, -0.2) is 25.9 Å². The first-order valence-corrected chi connectivity index (χ1v) is 11.9. The van der Waals surface area contributed by atoms with Gasteiger partial charge >= 0.3 is 0 Å². The molecule has 0 aliphatic heterocycles. The van der Waals surface area contributed by atoms with E-state index in [1.54, 1.807) is 10.9 Å². The summed E-state index contributed by atoms with van der Waals surface area (Å²) in [7, 11) is 0. The number of amides is 1. The lowest BCUT2D eigenvalue weighted by Crippen LogP contribution is -2.29. The van der Waals surface area contributed by atoms with Gasteiger partial charge in [0, 0.05) is 28.9 Å². The van der Waals surface area contributed by atoms with Crippen LogP contribution in [0.1, 0.15) is 47.3 Å². The first-order valence-electron chi connectivity index (χ1n) is 11.9. The van der Waals surface area contributed by atoms with E-state index in [-0.39, 0.29) is 11.9 Å². The number of nitrogens with zero attached hydrogens (tertiary/aromatic N) is 4. The molecule has 5 aromatic rings. The van der Waals surface area contributed by atoms with E-state index in [0.717, 1.165) is 46.0 Å². The van der Waals surface area contributed by atoms with Gasteiger partial charge in [0.2, 0.25) is 0 Å². The second kappa shape index (κ2) is 10.3. The first-order chi connectivity index (χ1) is 17.2. The fourth-order valence-corrected chi connectivity index (χ4v) is 4.34. The highest BCUT2D eigenvalue weighted by molar-refractivity contribution is 5.96. The van der Waals surface area contributed by atoms with Crippen LogP contribution in [0.5, 0.6) is 0 Å². The van der Waals surface area contributed by atoms with Crippen molar-refractivity contribution in [3.05, 3.63) is 114 Å². The van der Waals surface area contributed by atoms with Gasteiger partial charge in [-0.15, -0.1) is 5.10 Å². The molecule has 1 unspecified atom stereocenters. The van der Waals surface area contributed by atoms with E-state index in [0.29, 0.717) is 12.1 Å². The Morgan fingerprint density at radius 3 is 2.66 bits per heavy atom. The molecular weight excluding hydrogens is 434 g/mol. The molecule has 174 valence electrons. The van der Waals surface area contributed by atoms with Crippen LogP contribution in [0.2, 0.25) is 0 Å². The zero-order valence-electron chi connectivity index (χ0n) is 19.6. The first kappa shape index (κ1) is 22.5. The minimum atomic E-state index is -0.0774. The van der Waals surface area contributed by atoms with Crippen molar-refractivity contribution in [1.82, 2.24) is 25.3 Å². The fourth-order valence-electron chi connectivity index (χ4n) is 4.34. The maximum atomic E-state index is 13.3. The van der Waals surface area contributed by atoms with Gasteiger partial charge in [0.25, 0.3) is 5.91 Å². The van der Waals surface area contributed by atoms with Crippen molar-refractivity contribution in [3.8, 4) is 11.3 Å². The molecule has 2 heterocycles. The summed E-state index contributed by atoms with van der Waals surface area (Å²) in [6.45, 7) is 2.59. The van der Waals surface area contributed by atoms with Crippen molar-refractivity contribution < 1.29 is 4.79 Å². The number of benzene rings is 3. The van der Waals surface area contributed by atoms with Crippen molar-refractivity contribution in [3.63, 3.8) is 0 Å². The molecule has 0 fully saturated rings. The predicted molar refractivity (Wildman–Crippen MR) is 138 cm³/mol. The summed E-state index contributed by atoms with van der Waals surface area (Å²) in [5, 5.41) is 14.1. The van der Waals surface area contributed by atoms with Gasteiger partial charge in [0.15, 0.2) is 0 Å². The lowest BCUT2D eigenvalue weighted by atomic mass is 10.0. The molecule has 6 nitrogen and oxygen atoms in total. The summed E-state index contributed by atoms with van der Waals surface area (Å²) >= 11 is 0. The van der Waals surface area contributed by atoms with Crippen molar-refractivity contribution in [2.75, 3.05) is 0 Å². The molecule has 0 saturated heterocycles. The third-order valence-corrected chi connectivity index (χ3v) is 6.15. The molecule has 0 aliphatic carbocycles. The number of pyridine rings is 1. The van der Waals surface area contributed by atoms with E-state index < -0.39 is 0 Å². The molecule has 0 aliphatic rings. The summed E-state index contributed by atoms with van der Waals surface area (Å²) in [6.07, 6.45) is 7.41. The molecule has 2 aromatic heterocycles. The molecule has 0 saturated carbocycles. The highest BCUT2D eigenvalue weighted by Gasteiger charge is 2.18. The highest BCUT2D eigenvalue weighted by Crippen LogP contribution is 2.23. The number of aromatic nitrogens is 4. The van der Waals surface area contributed by atoms with Crippen LogP contribution in [0.4, 0.5) is 0 Å². The summed E-state index contributed by atoms with van der Waals surface area (Å²) in [5.41, 5.74) is 4.45. The maximum Gasteiger partial charge on any atom is 0.252 e. The van der Waals surface area contributed by atoms with Gasteiger partial charge in [0.1, 0.15) is 5.69 Å². The molecule has 1 N–H and O–H groups in total. The van der Waals surface area contributed by atoms with Crippen LogP contribution in [0, 0.1) is 0 Å². The Labute approximate surface area is 204 Å². The zero-order valence-corrected chi connectivity index (χ0v) is 19.6. The van der Waals surface area contributed by atoms with E-state index in [2.05, 4.69) is 45.7 Å². The Morgan fingerprint density at radius 2 is 1.80 bits per heavy atom. The molecule has 1 atom stereocenters. The Kier molecular flexibility index (Phi) is 6.61. The topological polar surface area (TPSA) is 72.7 Å². The Bertz CT molecular complexity index is 1440. The quantitative estimate of drug-likeness (QED) is 0.316. The predicted octanol–water partition coefficient (Wildman–Crippen LogP) is 5.81. The number of rotatable bonds is 8. The van der Waals surface area contributed by atoms with Crippen molar-refractivity contribution >= 4 is 16.7 Å². The van der Waals surface area contributed by atoms with E-state index in [4.69, 9.17) is 0 Å². The summed E-state index contributed by atoms with van der Waals surface area (Å²) < 4.78 is 1.78. The molecule has 1 amide bonds. The Balaban J connectivity index is 1.36. The smallest absolute Gasteiger partial charge is 0.252 e. The van der Waals surface area contributed by atoms with Crippen LogP contribution in [0.15, 0.2) is 97.5 Å². The monoisotopic (exact) mass is 461 g/mol. The molecule has 0 bridgehead atoms.